The topological polar surface area (TPSA) is 43.1 Å². The highest BCUT2D eigenvalue weighted by Crippen LogP contribution is 2.50. The molecule has 2 nitrogen and oxygen atoms in total. The normalized spacial score (nSPS) is 15.7. The Hall–Kier alpha value is -1.51. The molecule has 1 aliphatic carbocycles. The first-order valence-electron chi connectivity index (χ1n) is 6.85. The van der Waals surface area contributed by atoms with Gasteiger partial charge in [0.05, 0.1) is 5.41 Å². The largest absolute Gasteiger partial charge is 0.399 e. The Labute approximate surface area is 133 Å². The number of carbonyl (C=O) groups excluding carboxylic acids is 1. The van der Waals surface area contributed by atoms with Crippen molar-refractivity contribution in [1.82, 2.24) is 0 Å². The van der Waals surface area contributed by atoms with Gasteiger partial charge in [0.1, 0.15) is 5.78 Å². The highest BCUT2D eigenvalue weighted by molar-refractivity contribution is 6.36. The third-order valence-corrected chi connectivity index (χ3v) is 4.85. The summed E-state index contributed by atoms with van der Waals surface area (Å²) in [6.07, 6.45) is 2.01. The van der Waals surface area contributed by atoms with E-state index in [2.05, 4.69) is 0 Å². The molecule has 0 radical (unpaired) electrons. The standard InChI is InChI=1S/C17H15Cl2NO/c18-14-2-1-3-15(19)13(14)10-16(21)17(8-9-17)11-4-6-12(20)7-5-11/h1-7H,8-10,20H2. The lowest BCUT2D eigenvalue weighted by Crippen LogP contribution is -2.22. The third kappa shape index (κ3) is 2.66. The van der Waals surface area contributed by atoms with Crippen LogP contribution in [-0.4, -0.2) is 5.78 Å². The maximum atomic E-state index is 12.7. The van der Waals surface area contributed by atoms with Crippen molar-refractivity contribution in [2.24, 2.45) is 0 Å². The molecule has 0 heterocycles. The predicted molar refractivity (Wildman–Crippen MR) is 86.9 cm³/mol. The Bertz CT molecular complexity index is 670. The van der Waals surface area contributed by atoms with Crippen molar-refractivity contribution >= 4 is 34.7 Å². The fourth-order valence-corrected chi connectivity index (χ4v) is 3.22. The number of hydrogen-bond donors (Lipinski definition) is 1. The molecule has 3 rings (SSSR count). The Morgan fingerprint density at radius 3 is 2.14 bits per heavy atom. The molecule has 2 aromatic carbocycles. The molecule has 4 heteroatoms. The molecular weight excluding hydrogens is 305 g/mol. The molecule has 0 aliphatic heterocycles. The number of ketones is 1. The number of rotatable bonds is 4. The fourth-order valence-electron chi connectivity index (χ4n) is 2.69. The zero-order valence-electron chi connectivity index (χ0n) is 11.4. The van der Waals surface area contributed by atoms with Crippen LogP contribution in [0.15, 0.2) is 42.5 Å². The maximum Gasteiger partial charge on any atom is 0.147 e. The number of benzene rings is 2. The quantitative estimate of drug-likeness (QED) is 0.848. The average Bonchev–Trinajstić information content (AvgIpc) is 3.25. The van der Waals surface area contributed by atoms with Crippen LogP contribution in [-0.2, 0) is 16.6 Å². The highest BCUT2D eigenvalue weighted by Gasteiger charge is 2.50. The molecule has 0 amide bonds. The van der Waals surface area contributed by atoms with Crippen molar-refractivity contribution in [2.45, 2.75) is 24.7 Å². The number of Topliss-reactive ketones (excluding diaryl/α,β-unsaturated/α-hetero) is 1. The molecule has 0 bridgehead atoms. The summed E-state index contributed by atoms with van der Waals surface area (Å²) in [6.45, 7) is 0. The van der Waals surface area contributed by atoms with E-state index in [0.717, 1.165) is 18.4 Å². The summed E-state index contributed by atoms with van der Waals surface area (Å²) < 4.78 is 0. The number of hydrogen-bond acceptors (Lipinski definition) is 2. The molecule has 21 heavy (non-hydrogen) atoms. The Morgan fingerprint density at radius 2 is 1.62 bits per heavy atom. The van der Waals surface area contributed by atoms with E-state index >= 15 is 0 Å². The smallest absolute Gasteiger partial charge is 0.147 e. The summed E-state index contributed by atoms with van der Waals surface area (Å²) in [5.74, 6) is 0.169. The van der Waals surface area contributed by atoms with Gasteiger partial charge < -0.3 is 5.73 Å². The molecule has 0 atom stereocenters. The van der Waals surface area contributed by atoms with E-state index in [1.54, 1.807) is 18.2 Å². The van der Waals surface area contributed by atoms with Gasteiger partial charge in [-0.2, -0.15) is 0 Å². The summed E-state index contributed by atoms with van der Waals surface area (Å²) in [4.78, 5) is 12.7. The lowest BCUT2D eigenvalue weighted by atomic mass is 9.88. The third-order valence-electron chi connectivity index (χ3n) is 4.15. The minimum Gasteiger partial charge on any atom is -0.399 e. The molecule has 108 valence electrons. The lowest BCUT2D eigenvalue weighted by molar-refractivity contribution is -0.120. The van der Waals surface area contributed by atoms with Gasteiger partial charge >= 0.3 is 0 Å². The summed E-state index contributed by atoms with van der Waals surface area (Å²) in [5, 5.41) is 1.09. The van der Waals surface area contributed by atoms with Crippen LogP contribution in [0.1, 0.15) is 24.0 Å². The molecular formula is C17H15Cl2NO. The number of anilines is 1. The van der Waals surface area contributed by atoms with Crippen LogP contribution in [0.4, 0.5) is 5.69 Å². The molecule has 2 aromatic rings. The van der Waals surface area contributed by atoms with Crippen LogP contribution in [0.5, 0.6) is 0 Å². The van der Waals surface area contributed by atoms with Gasteiger partial charge in [-0.25, -0.2) is 0 Å². The number of nitrogen functional groups attached to an aromatic ring is 1. The summed E-state index contributed by atoms with van der Waals surface area (Å²) >= 11 is 12.3. The van der Waals surface area contributed by atoms with Crippen LogP contribution in [0, 0.1) is 0 Å². The maximum absolute atomic E-state index is 12.7. The van der Waals surface area contributed by atoms with Crippen LogP contribution in [0.3, 0.4) is 0 Å². The monoisotopic (exact) mass is 319 g/mol. The van der Waals surface area contributed by atoms with E-state index in [1.165, 1.54) is 0 Å². The fraction of sp³-hybridized carbons (Fsp3) is 0.235. The van der Waals surface area contributed by atoms with Gasteiger partial charge in [0.15, 0.2) is 0 Å². The van der Waals surface area contributed by atoms with Crippen molar-refractivity contribution < 1.29 is 4.79 Å². The van der Waals surface area contributed by atoms with Crippen molar-refractivity contribution in [2.75, 3.05) is 5.73 Å². The second kappa shape index (κ2) is 5.36. The van der Waals surface area contributed by atoms with Gasteiger partial charge in [-0.1, -0.05) is 41.4 Å². The highest BCUT2D eigenvalue weighted by atomic mass is 35.5. The van der Waals surface area contributed by atoms with E-state index in [0.29, 0.717) is 21.3 Å². The van der Waals surface area contributed by atoms with Gasteiger partial charge in [-0.15, -0.1) is 0 Å². The average molecular weight is 320 g/mol. The Kier molecular flexibility index (Phi) is 3.68. The van der Waals surface area contributed by atoms with Gasteiger partial charge in [0.25, 0.3) is 0 Å². The summed E-state index contributed by atoms with van der Waals surface area (Å²) in [7, 11) is 0. The van der Waals surface area contributed by atoms with Crippen molar-refractivity contribution in [1.29, 1.82) is 0 Å². The van der Waals surface area contributed by atoms with Crippen LogP contribution in [0.25, 0.3) is 0 Å². The minimum absolute atomic E-state index is 0.169. The van der Waals surface area contributed by atoms with E-state index in [9.17, 15) is 4.79 Å². The van der Waals surface area contributed by atoms with E-state index < -0.39 is 0 Å². The SMILES string of the molecule is Nc1ccc(C2(C(=O)Cc3c(Cl)cccc3Cl)CC2)cc1. The zero-order valence-corrected chi connectivity index (χ0v) is 12.9. The first-order valence-corrected chi connectivity index (χ1v) is 7.61. The summed E-state index contributed by atoms with van der Waals surface area (Å²) in [5.41, 5.74) is 7.78. The number of carbonyl (C=O) groups is 1. The van der Waals surface area contributed by atoms with Gasteiger partial charge in [0, 0.05) is 22.2 Å². The second-order valence-electron chi connectivity index (χ2n) is 5.50. The molecule has 2 N–H and O–H groups in total. The van der Waals surface area contributed by atoms with E-state index in [-0.39, 0.29) is 17.6 Å². The first kappa shape index (κ1) is 14.4. The number of nitrogens with two attached hydrogens (primary N) is 1. The van der Waals surface area contributed by atoms with Crippen LogP contribution < -0.4 is 5.73 Å². The minimum atomic E-state index is -0.379. The summed E-state index contributed by atoms with van der Waals surface area (Å²) in [6, 6.07) is 12.9. The molecule has 0 saturated heterocycles. The van der Waals surface area contributed by atoms with Gasteiger partial charge in [-0.05, 0) is 48.2 Å². The van der Waals surface area contributed by atoms with E-state index in [1.807, 2.05) is 24.3 Å². The zero-order chi connectivity index (χ0) is 15.0. The Balaban J connectivity index is 1.87. The van der Waals surface area contributed by atoms with Gasteiger partial charge in [0.2, 0.25) is 0 Å². The molecule has 1 saturated carbocycles. The van der Waals surface area contributed by atoms with Crippen LogP contribution >= 0.6 is 23.2 Å². The van der Waals surface area contributed by atoms with Crippen LogP contribution in [0.2, 0.25) is 10.0 Å². The van der Waals surface area contributed by atoms with Crippen molar-refractivity contribution in [3.63, 3.8) is 0 Å². The molecule has 1 aliphatic rings. The lowest BCUT2D eigenvalue weighted by Gasteiger charge is -2.16. The van der Waals surface area contributed by atoms with Gasteiger partial charge in [-0.3, -0.25) is 4.79 Å². The Morgan fingerprint density at radius 1 is 1.05 bits per heavy atom. The number of halogens is 2. The van der Waals surface area contributed by atoms with E-state index in [4.69, 9.17) is 28.9 Å². The van der Waals surface area contributed by atoms with Crippen molar-refractivity contribution in [3.8, 4) is 0 Å². The molecule has 0 aromatic heterocycles. The molecule has 0 spiro atoms. The first-order chi connectivity index (χ1) is 10.0. The molecule has 1 fully saturated rings. The van der Waals surface area contributed by atoms with Crippen molar-refractivity contribution in [3.05, 3.63) is 63.6 Å². The molecule has 0 unspecified atom stereocenters. The second-order valence-corrected chi connectivity index (χ2v) is 6.32. The predicted octanol–water partition coefficient (Wildman–Crippen LogP) is 4.42.